The normalized spacial score (nSPS) is 19.7. The van der Waals surface area contributed by atoms with Crippen LogP contribution in [0.2, 0.25) is 0 Å². The van der Waals surface area contributed by atoms with E-state index < -0.39 is 15.9 Å². The van der Waals surface area contributed by atoms with Gasteiger partial charge < -0.3 is 19.2 Å². The Kier molecular flexibility index (Phi) is 8.93. The molecule has 1 fully saturated rings. The Balaban J connectivity index is 1.35. The van der Waals surface area contributed by atoms with Crippen molar-refractivity contribution in [1.29, 1.82) is 0 Å². The molecule has 3 heterocycles. The maximum Gasteiger partial charge on any atom is 0.265 e. The minimum atomic E-state index is -4.02. The quantitative estimate of drug-likeness (QED) is 0.278. The summed E-state index contributed by atoms with van der Waals surface area (Å²) < 4.78 is 46.5. The average molecular weight is 618 g/mol. The number of hydrogen-bond donors (Lipinski definition) is 2. The van der Waals surface area contributed by atoms with Crippen LogP contribution in [0.15, 0.2) is 71.8 Å². The van der Waals surface area contributed by atoms with E-state index in [2.05, 4.69) is 33.7 Å². The van der Waals surface area contributed by atoms with E-state index >= 15 is 0 Å². The summed E-state index contributed by atoms with van der Waals surface area (Å²) in [5.74, 6) is 0.741. The van der Waals surface area contributed by atoms with Crippen LogP contribution in [-0.2, 0) is 21.3 Å². The fraction of sp³-hybridized carbons (Fsp3) is 0.382. The van der Waals surface area contributed by atoms with Crippen LogP contribution in [0, 0.1) is 6.92 Å². The standard InChI is InChI=1S/C34H39N3O6S/c1-23-19-31(41-2)29(27-13-15-35-33(23)27)22-37-16-14-25-21-30(37)28-12-11-24(20-32(28)43-18-8-4-7-17-42-25)34(38)36-44(39,40)26-9-5-3-6-10-26/h3,5-6,9-13,15,19-20,25,30,35H,4,7-8,14,16-18,21-22H2,1-2H3,(H,36,38)/t25-,30-/m0/s1. The third-order valence-electron chi connectivity index (χ3n) is 8.67. The molecule has 2 aliphatic rings. The fourth-order valence-electron chi connectivity index (χ4n) is 6.36. The van der Waals surface area contributed by atoms with Crippen LogP contribution in [-0.4, -0.2) is 57.2 Å². The zero-order valence-electron chi connectivity index (χ0n) is 25.2. The van der Waals surface area contributed by atoms with E-state index in [9.17, 15) is 13.2 Å². The number of aromatic amines is 1. The molecule has 44 heavy (non-hydrogen) atoms. The van der Waals surface area contributed by atoms with Gasteiger partial charge in [-0.15, -0.1) is 0 Å². The van der Waals surface area contributed by atoms with Gasteiger partial charge in [-0.2, -0.15) is 0 Å². The summed E-state index contributed by atoms with van der Waals surface area (Å²) >= 11 is 0. The van der Waals surface area contributed by atoms with Gasteiger partial charge in [0.1, 0.15) is 11.5 Å². The van der Waals surface area contributed by atoms with Crippen molar-refractivity contribution in [3.05, 3.63) is 89.1 Å². The van der Waals surface area contributed by atoms with Crippen molar-refractivity contribution in [3.63, 3.8) is 0 Å². The van der Waals surface area contributed by atoms with Gasteiger partial charge in [0.2, 0.25) is 0 Å². The molecule has 2 aliphatic heterocycles. The number of piperidine rings is 1. The Morgan fingerprint density at radius 1 is 1.07 bits per heavy atom. The van der Waals surface area contributed by atoms with Gasteiger partial charge in [-0.3, -0.25) is 9.69 Å². The lowest BCUT2D eigenvalue weighted by molar-refractivity contribution is -0.0216. The number of aromatic nitrogens is 1. The molecule has 0 aliphatic carbocycles. The number of hydrogen-bond acceptors (Lipinski definition) is 7. The number of rotatable bonds is 6. The number of ether oxygens (including phenoxy) is 3. The molecular formula is C34H39N3O6S. The number of aryl methyl sites for hydroxylation is 1. The van der Waals surface area contributed by atoms with Crippen LogP contribution in [0.5, 0.6) is 11.5 Å². The number of methoxy groups -OCH3 is 1. The zero-order chi connectivity index (χ0) is 30.7. The van der Waals surface area contributed by atoms with E-state index in [0.29, 0.717) is 18.9 Å². The number of nitrogens with one attached hydrogen (secondary N) is 2. The van der Waals surface area contributed by atoms with Crippen LogP contribution in [0.1, 0.15) is 65.2 Å². The molecule has 1 aromatic heterocycles. The van der Waals surface area contributed by atoms with E-state index in [-0.39, 0.29) is 22.6 Å². The summed E-state index contributed by atoms with van der Waals surface area (Å²) in [6, 6.07) is 17.3. The first-order valence-corrected chi connectivity index (χ1v) is 16.7. The topological polar surface area (TPSA) is 110 Å². The lowest BCUT2D eigenvalue weighted by Gasteiger charge is -2.40. The number of amides is 1. The molecule has 232 valence electrons. The van der Waals surface area contributed by atoms with Crippen LogP contribution in [0.25, 0.3) is 10.9 Å². The molecule has 2 bridgehead atoms. The van der Waals surface area contributed by atoms with Gasteiger partial charge in [0.25, 0.3) is 15.9 Å². The SMILES string of the molecule is COc1cc(C)c2[nH]ccc2c1CN1CC[C@H]2C[C@H]1c1ccc(C(=O)NS(=O)(=O)c3ccccc3)cc1OCCCCCO2. The first kappa shape index (κ1) is 30.2. The molecule has 4 aromatic rings. The van der Waals surface area contributed by atoms with Crippen LogP contribution in [0.4, 0.5) is 0 Å². The zero-order valence-corrected chi connectivity index (χ0v) is 26.0. The lowest BCUT2D eigenvalue weighted by atomic mass is 9.90. The number of carbonyl (C=O) groups is 1. The molecule has 1 saturated heterocycles. The third-order valence-corrected chi connectivity index (χ3v) is 10.0. The monoisotopic (exact) mass is 617 g/mol. The second kappa shape index (κ2) is 13.0. The molecule has 10 heteroatoms. The number of benzene rings is 3. The molecular weight excluding hydrogens is 578 g/mol. The van der Waals surface area contributed by atoms with Crippen molar-refractivity contribution in [3.8, 4) is 11.5 Å². The molecule has 0 radical (unpaired) electrons. The molecule has 3 aromatic carbocycles. The van der Waals surface area contributed by atoms with Gasteiger partial charge in [0, 0.05) is 59.5 Å². The van der Waals surface area contributed by atoms with E-state index in [0.717, 1.165) is 78.6 Å². The Labute approximate surface area is 258 Å². The minimum Gasteiger partial charge on any atom is -0.496 e. The molecule has 0 spiro atoms. The number of likely N-dealkylation sites (tertiary alicyclic amines) is 1. The van der Waals surface area contributed by atoms with E-state index in [1.165, 1.54) is 12.1 Å². The fourth-order valence-corrected chi connectivity index (χ4v) is 7.35. The van der Waals surface area contributed by atoms with E-state index in [1.54, 1.807) is 37.4 Å². The highest BCUT2D eigenvalue weighted by Crippen LogP contribution is 2.41. The lowest BCUT2D eigenvalue weighted by Crippen LogP contribution is -2.40. The largest absolute Gasteiger partial charge is 0.496 e. The number of sulfonamides is 1. The predicted octanol–water partition coefficient (Wildman–Crippen LogP) is 5.89. The van der Waals surface area contributed by atoms with Gasteiger partial charge >= 0.3 is 0 Å². The van der Waals surface area contributed by atoms with Crippen LogP contribution < -0.4 is 14.2 Å². The number of nitrogens with zero attached hydrogens (tertiary/aromatic N) is 1. The van der Waals surface area contributed by atoms with Crippen molar-refractivity contribution < 1.29 is 27.4 Å². The summed E-state index contributed by atoms with van der Waals surface area (Å²) in [5, 5.41) is 1.14. The first-order chi connectivity index (χ1) is 21.3. The van der Waals surface area contributed by atoms with Crippen LogP contribution >= 0.6 is 0 Å². The Bertz CT molecular complexity index is 1740. The number of fused-ring (bicyclic) bond motifs is 5. The molecule has 9 nitrogen and oxygen atoms in total. The molecule has 0 saturated carbocycles. The summed E-state index contributed by atoms with van der Waals surface area (Å²) in [6.07, 6.45) is 6.55. The Hall–Kier alpha value is -3.86. The van der Waals surface area contributed by atoms with Gasteiger partial charge in [0.05, 0.1) is 24.7 Å². The van der Waals surface area contributed by atoms with E-state index in [1.807, 2.05) is 12.3 Å². The highest BCUT2D eigenvalue weighted by molar-refractivity contribution is 7.90. The van der Waals surface area contributed by atoms with Crippen molar-refractivity contribution in [2.24, 2.45) is 0 Å². The predicted molar refractivity (Wildman–Crippen MR) is 169 cm³/mol. The number of H-pyrrole nitrogens is 1. The van der Waals surface area contributed by atoms with Crippen molar-refractivity contribution >= 4 is 26.8 Å². The number of carbonyl (C=O) groups excluding carboxylic acids is 1. The van der Waals surface area contributed by atoms with Crippen molar-refractivity contribution in [2.75, 3.05) is 26.9 Å². The molecule has 2 N–H and O–H groups in total. The van der Waals surface area contributed by atoms with Gasteiger partial charge in [-0.1, -0.05) is 24.3 Å². The van der Waals surface area contributed by atoms with Crippen molar-refractivity contribution in [2.45, 2.75) is 62.6 Å². The summed E-state index contributed by atoms with van der Waals surface area (Å²) in [6.45, 7) is 4.77. The van der Waals surface area contributed by atoms with Gasteiger partial charge in [-0.05, 0) is 81.0 Å². The molecule has 1 amide bonds. The Morgan fingerprint density at radius 3 is 2.70 bits per heavy atom. The smallest absolute Gasteiger partial charge is 0.265 e. The molecule has 6 rings (SSSR count). The summed E-state index contributed by atoms with van der Waals surface area (Å²) in [4.78, 5) is 19.1. The summed E-state index contributed by atoms with van der Waals surface area (Å²) in [7, 11) is -2.31. The van der Waals surface area contributed by atoms with Crippen LogP contribution in [0.3, 0.4) is 0 Å². The highest BCUT2D eigenvalue weighted by Gasteiger charge is 2.34. The molecule has 0 unspecified atom stereocenters. The highest BCUT2D eigenvalue weighted by atomic mass is 32.2. The van der Waals surface area contributed by atoms with Gasteiger partial charge in [-0.25, -0.2) is 13.1 Å². The molecule has 2 atom stereocenters. The third kappa shape index (κ3) is 6.33. The maximum absolute atomic E-state index is 13.2. The Morgan fingerprint density at radius 2 is 1.89 bits per heavy atom. The maximum atomic E-state index is 13.2. The van der Waals surface area contributed by atoms with Gasteiger partial charge in [0.15, 0.2) is 0 Å². The van der Waals surface area contributed by atoms with E-state index in [4.69, 9.17) is 14.2 Å². The average Bonchev–Trinajstić information content (AvgIpc) is 3.53. The minimum absolute atomic E-state index is 0.0304. The van der Waals surface area contributed by atoms with Crippen molar-refractivity contribution in [1.82, 2.24) is 14.6 Å². The second-order valence-corrected chi connectivity index (χ2v) is 13.2. The first-order valence-electron chi connectivity index (χ1n) is 15.2. The second-order valence-electron chi connectivity index (χ2n) is 11.6. The summed E-state index contributed by atoms with van der Waals surface area (Å²) in [5.41, 5.74) is 4.52.